The van der Waals surface area contributed by atoms with Crippen LogP contribution >= 0.6 is 0 Å². The fourth-order valence-corrected chi connectivity index (χ4v) is 5.42. The third-order valence-corrected chi connectivity index (χ3v) is 6.90. The van der Waals surface area contributed by atoms with Crippen LogP contribution in [0.1, 0.15) is 36.3 Å². The lowest BCUT2D eigenvalue weighted by Gasteiger charge is -2.23. The van der Waals surface area contributed by atoms with Crippen molar-refractivity contribution < 1.29 is 9.15 Å². The van der Waals surface area contributed by atoms with Crippen LogP contribution in [0.2, 0.25) is 0 Å². The smallest absolute Gasteiger partial charge is 0.155 e. The van der Waals surface area contributed by atoms with Gasteiger partial charge >= 0.3 is 0 Å². The Bertz CT molecular complexity index is 1240. The summed E-state index contributed by atoms with van der Waals surface area (Å²) in [6.07, 6.45) is 8.55. The third-order valence-electron chi connectivity index (χ3n) is 6.90. The zero-order valence-corrected chi connectivity index (χ0v) is 18.0. The van der Waals surface area contributed by atoms with Crippen LogP contribution in [-0.2, 0) is 24.0 Å². The molecule has 0 radical (unpaired) electrons. The van der Waals surface area contributed by atoms with Gasteiger partial charge in [-0.1, -0.05) is 0 Å². The van der Waals surface area contributed by atoms with E-state index in [9.17, 15) is 0 Å². The predicted molar refractivity (Wildman–Crippen MR) is 120 cm³/mol. The third kappa shape index (κ3) is 3.34. The fourth-order valence-electron chi connectivity index (χ4n) is 5.42. The molecule has 1 aliphatic heterocycles. The number of nitrogens with zero attached hydrogens (tertiary/aromatic N) is 4. The van der Waals surface area contributed by atoms with Gasteiger partial charge in [0.05, 0.1) is 18.5 Å². The summed E-state index contributed by atoms with van der Waals surface area (Å²) < 4.78 is 13.6. The van der Waals surface area contributed by atoms with Crippen LogP contribution in [0.5, 0.6) is 0 Å². The topological polar surface area (TPSA) is 55.8 Å². The van der Waals surface area contributed by atoms with Gasteiger partial charge in [0.25, 0.3) is 0 Å². The highest BCUT2D eigenvalue weighted by Crippen LogP contribution is 2.34. The molecular formula is C25H28N4O2. The van der Waals surface area contributed by atoms with Crippen LogP contribution in [0.25, 0.3) is 27.9 Å². The first kappa shape index (κ1) is 19.0. The van der Waals surface area contributed by atoms with Crippen LogP contribution in [0.15, 0.2) is 40.9 Å². The van der Waals surface area contributed by atoms with Crippen LogP contribution in [-0.4, -0.2) is 52.3 Å². The molecule has 0 bridgehead atoms. The van der Waals surface area contributed by atoms with Crippen LogP contribution in [0.3, 0.4) is 0 Å². The lowest BCUT2D eigenvalue weighted by Crippen LogP contribution is -2.34. The monoisotopic (exact) mass is 416 g/mol. The Morgan fingerprint density at radius 2 is 2.13 bits per heavy atom. The number of aromatic nitrogens is 3. The highest BCUT2D eigenvalue weighted by atomic mass is 16.5. The van der Waals surface area contributed by atoms with Crippen molar-refractivity contribution in [3.8, 4) is 11.3 Å². The molecule has 6 heteroatoms. The number of aryl methyl sites for hydroxylation is 1. The molecule has 0 spiro atoms. The quantitative estimate of drug-likeness (QED) is 0.469. The second-order valence-electron chi connectivity index (χ2n) is 8.84. The lowest BCUT2D eigenvalue weighted by atomic mass is 10.0. The molecule has 6 rings (SSSR count). The van der Waals surface area contributed by atoms with E-state index in [4.69, 9.17) is 14.1 Å². The molecule has 0 saturated carbocycles. The molecule has 1 fully saturated rings. The molecule has 3 aromatic heterocycles. The first-order valence-corrected chi connectivity index (χ1v) is 11.4. The Morgan fingerprint density at radius 3 is 3.06 bits per heavy atom. The average molecular weight is 417 g/mol. The van der Waals surface area contributed by atoms with Crippen molar-refractivity contribution in [1.29, 1.82) is 0 Å². The minimum Gasteiger partial charge on any atom is -0.461 e. The maximum Gasteiger partial charge on any atom is 0.155 e. The van der Waals surface area contributed by atoms with Gasteiger partial charge < -0.3 is 9.15 Å². The van der Waals surface area contributed by atoms with E-state index in [-0.39, 0.29) is 0 Å². The van der Waals surface area contributed by atoms with E-state index in [2.05, 4.69) is 34.3 Å². The van der Waals surface area contributed by atoms with Gasteiger partial charge in [0.15, 0.2) is 5.65 Å². The van der Waals surface area contributed by atoms with E-state index in [0.29, 0.717) is 6.04 Å². The molecular weight excluding hydrogens is 388 g/mol. The Labute approximate surface area is 181 Å². The largest absolute Gasteiger partial charge is 0.461 e. The molecule has 160 valence electrons. The number of methoxy groups -OCH3 is 1. The Kier molecular flexibility index (Phi) is 4.77. The van der Waals surface area contributed by atoms with E-state index in [1.165, 1.54) is 41.8 Å². The summed E-state index contributed by atoms with van der Waals surface area (Å²) in [5, 5.41) is 5.73. The molecule has 4 heterocycles. The van der Waals surface area contributed by atoms with E-state index in [1.54, 1.807) is 7.11 Å². The van der Waals surface area contributed by atoms with Crippen molar-refractivity contribution in [2.45, 2.75) is 44.6 Å². The average Bonchev–Trinajstić information content (AvgIpc) is 3.56. The van der Waals surface area contributed by atoms with Gasteiger partial charge in [-0.05, 0) is 62.9 Å². The van der Waals surface area contributed by atoms with E-state index < -0.39 is 0 Å². The highest BCUT2D eigenvalue weighted by molar-refractivity contribution is 5.84. The Morgan fingerprint density at radius 1 is 1.16 bits per heavy atom. The molecule has 0 N–H and O–H groups in total. The minimum absolute atomic E-state index is 0.547. The van der Waals surface area contributed by atoms with Crippen LogP contribution in [0, 0.1) is 0 Å². The van der Waals surface area contributed by atoms with Crippen LogP contribution in [0.4, 0.5) is 0 Å². The number of likely N-dealkylation sites (tertiary alicyclic amines) is 1. The number of ether oxygens (including phenoxy) is 1. The lowest BCUT2D eigenvalue weighted by molar-refractivity contribution is 0.115. The van der Waals surface area contributed by atoms with Crippen molar-refractivity contribution in [1.82, 2.24) is 19.5 Å². The van der Waals surface area contributed by atoms with Gasteiger partial charge in [-0.2, -0.15) is 5.10 Å². The summed E-state index contributed by atoms with van der Waals surface area (Å²) in [5.41, 5.74) is 6.83. The summed E-state index contributed by atoms with van der Waals surface area (Å²) in [7, 11) is 1.79. The van der Waals surface area contributed by atoms with Crippen molar-refractivity contribution in [2.75, 3.05) is 26.8 Å². The molecule has 1 aliphatic carbocycles. The maximum atomic E-state index is 6.19. The summed E-state index contributed by atoms with van der Waals surface area (Å²) in [4.78, 5) is 7.36. The van der Waals surface area contributed by atoms with Gasteiger partial charge in [0.2, 0.25) is 0 Å². The standard InChI is InChI=1S/C25H28N4O2/c1-30-16-19-4-3-12-28(19)13-10-20-15-18-14-17(7-8-23(18)31-20)25-21-5-2-6-22(21)27-24-9-11-26-29(24)25/h7-9,11,14-15,19H,2-6,10,12-13,16H2,1H3. The fraction of sp³-hybridized carbons (Fsp3) is 0.440. The molecule has 31 heavy (non-hydrogen) atoms. The number of hydrogen-bond donors (Lipinski definition) is 0. The van der Waals surface area contributed by atoms with Crippen molar-refractivity contribution in [3.05, 3.63) is 53.5 Å². The Hall–Kier alpha value is -2.70. The van der Waals surface area contributed by atoms with Gasteiger partial charge in [-0.3, -0.25) is 4.90 Å². The second kappa shape index (κ2) is 7.77. The second-order valence-corrected chi connectivity index (χ2v) is 8.84. The first-order chi connectivity index (χ1) is 15.3. The van der Waals surface area contributed by atoms with Crippen molar-refractivity contribution in [2.24, 2.45) is 0 Å². The number of hydrogen-bond acceptors (Lipinski definition) is 5. The van der Waals surface area contributed by atoms with Gasteiger partial charge in [-0.15, -0.1) is 0 Å². The van der Waals surface area contributed by atoms with Gasteiger partial charge in [0, 0.05) is 54.4 Å². The summed E-state index contributed by atoms with van der Waals surface area (Å²) in [6.45, 7) is 3.00. The number of fused-ring (bicyclic) bond motifs is 3. The van der Waals surface area contributed by atoms with Gasteiger partial charge in [-0.25, -0.2) is 9.50 Å². The molecule has 1 aromatic carbocycles. The number of benzene rings is 1. The molecule has 1 atom stereocenters. The Balaban J connectivity index is 1.30. The highest BCUT2D eigenvalue weighted by Gasteiger charge is 2.24. The molecule has 0 amide bonds. The minimum atomic E-state index is 0.547. The van der Waals surface area contributed by atoms with Gasteiger partial charge in [0.1, 0.15) is 11.3 Å². The number of furan rings is 1. The molecule has 4 aromatic rings. The van der Waals surface area contributed by atoms with E-state index >= 15 is 0 Å². The van der Waals surface area contributed by atoms with Crippen molar-refractivity contribution >= 4 is 16.6 Å². The SMILES string of the molecule is COCC1CCCN1CCc1cc2cc(-c3c4c(nc5ccnn35)CCC4)ccc2o1. The normalized spacial score (nSPS) is 19.1. The number of rotatable bonds is 6. The zero-order chi connectivity index (χ0) is 20.8. The molecule has 1 saturated heterocycles. The predicted octanol–water partition coefficient (Wildman–Crippen LogP) is 4.28. The molecule has 6 nitrogen and oxygen atoms in total. The maximum absolute atomic E-state index is 6.19. The van der Waals surface area contributed by atoms with E-state index in [1.807, 2.05) is 16.8 Å². The first-order valence-electron chi connectivity index (χ1n) is 11.4. The van der Waals surface area contributed by atoms with Crippen LogP contribution < -0.4 is 0 Å². The zero-order valence-electron chi connectivity index (χ0n) is 18.0. The van der Waals surface area contributed by atoms with E-state index in [0.717, 1.165) is 61.3 Å². The summed E-state index contributed by atoms with van der Waals surface area (Å²) in [6, 6.07) is 11.3. The summed E-state index contributed by atoms with van der Waals surface area (Å²) >= 11 is 0. The molecule has 1 unspecified atom stereocenters. The summed E-state index contributed by atoms with van der Waals surface area (Å²) in [5.74, 6) is 1.06. The van der Waals surface area contributed by atoms with Crippen molar-refractivity contribution in [3.63, 3.8) is 0 Å². The molecule has 2 aliphatic rings.